The van der Waals surface area contributed by atoms with Gasteiger partial charge >= 0.3 is 0 Å². The Morgan fingerprint density at radius 3 is 2.92 bits per heavy atom. The smallest absolute Gasteiger partial charge is 0.181 e. The van der Waals surface area contributed by atoms with Crippen molar-refractivity contribution in [1.29, 1.82) is 0 Å². The Balaban J connectivity index is 1.59. The van der Waals surface area contributed by atoms with E-state index >= 15 is 0 Å². The van der Waals surface area contributed by atoms with Gasteiger partial charge in [0.05, 0.1) is 12.5 Å². The lowest BCUT2D eigenvalue weighted by molar-refractivity contribution is 0.295. The van der Waals surface area contributed by atoms with Gasteiger partial charge in [-0.15, -0.1) is 5.10 Å². The molecule has 4 aromatic rings. The Labute approximate surface area is 151 Å². The van der Waals surface area contributed by atoms with Crippen LogP contribution < -0.4 is 0 Å². The van der Waals surface area contributed by atoms with E-state index in [1.165, 1.54) is 16.7 Å². The zero-order chi connectivity index (χ0) is 17.5. The molecule has 1 aliphatic heterocycles. The summed E-state index contributed by atoms with van der Waals surface area (Å²) in [4.78, 5) is 6.69. The van der Waals surface area contributed by atoms with E-state index < -0.39 is 0 Å². The molecule has 2 aromatic heterocycles. The van der Waals surface area contributed by atoms with Crippen LogP contribution in [0.1, 0.15) is 22.6 Å². The summed E-state index contributed by atoms with van der Waals surface area (Å²) in [6.45, 7) is 1.92. The topological polar surface area (TPSA) is 55.1 Å². The molecule has 0 spiro atoms. The molecule has 26 heavy (non-hydrogen) atoms. The second kappa shape index (κ2) is 6.04. The standard InChI is InChI=1S/C21H18N4O/c1-25-12-17-11-16(21-22-7-8-23-24-21)2-4-18(17)19(13-25)14-3-5-20-15(10-14)6-9-26-20/h2-11,19H,12-13H2,1H3. The first kappa shape index (κ1) is 15.2. The third-order valence-electron chi connectivity index (χ3n) is 5.07. The van der Waals surface area contributed by atoms with Crippen LogP contribution in [0.4, 0.5) is 0 Å². The van der Waals surface area contributed by atoms with Crippen molar-refractivity contribution in [3.63, 3.8) is 0 Å². The monoisotopic (exact) mass is 342 g/mol. The van der Waals surface area contributed by atoms with E-state index in [1.807, 2.05) is 6.07 Å². The van der Waals surface area contributed by atoms with Gasteiger partial charge in [0.2, 0.25) is 0 Å². The SMILES string of the molecule is CN1Cc2cc(-c3nccnn3)ccc2C(c2ccc3occc3c2)C1. The molecular weight excluding hydrogens is 324 g/mol. The molecule has 0 amide bonds. The van der Waals surface area contributed by atoms with Gasteiger partial charge in [-0.2, -0.15) is 5.10 Å². The van der Waals surface area contributed by atoms with E-state index in [0.717, 1.165) is 29.6 Å². The van der Waals surface area contributed by atoms with E-state index in [-0.39, 0.29) is 0 Å². The maximum Gasteiger partial charge on any atom is 0.181 e. The average molecular weight is 342 g/mol. The molecule has 5 heteroatoms. The Bertz CT molecular complexity index is 1070. The molecule has 3 heterocycles. The number of furan rings is 1. The first-order valence-corrected chi connectivity index (χ1v) is 8.70. The van der Waals surface area contributed by atoms with Crippen LogP contribution in [-0.2, 0) is 6.54 Å². The molecule has 0 saturated heterocycles. The minimum absolute atomic E-state index is 0.340. The van der Waals surface area contributed by atoms with E-state index in [1.54, 1.807) is 18.7 Å². The number of hydrogen-bond donors (Lipinski definition) is 0. The summed E-state index contributed by atoms with van der Waals surface area (Å²) in [5, 5.41) is 9.23. The van der Waals surface area contributed by atoms with Gasteiger partial charge in [-0.05, 0) is 48.0 Å². The van der Waals surface area contributed by atoms with Gasteiger partial charge in [-0.1, -0.05) is 18.2 Å². The normalized spacial score (nSPS) is 17.3. The summed E-state index contributed by atoms with van der Waals surface area (Å²) in [6, 6.07) is 15.0. The van der Waals surface area contributed by atoms with Gasteiger partial charge in [-0.3, -0.25) is 0 Å². The Morgan fingerprint density at radius 2 is 2.04 bits per heavy atom. The third-order valence-corrected chi connectivity index (χ3v) is 5.07. The summed E-state index contributed by atoms with van der Waals surface area (Å²) in [5.74, 6) is 1.01. The molecule has 128 valence electrons. The van der Waals surface area contributed by atoms with Crippen molar-refractivity contribution in [2.75, 3.05) is 13.6 Å². The van der Waals surface area contributed by atoms with Crippen molar-refractivity contribution in [2.45, 2.75) is 12.5 Å². The number of likely N-dealkylation sites (N-methyl/N-ethyl adjacent to an activating group) is 1. The number of benzene rings is 2. The molecule has 5 rings (SSSR count). The second-order valence-electron chi connectivity index (χ2n) is 6.85. The van der Waals surface area contributed by atoms with Crippen LogP contribution >= 0.6 is 0 Å². The number of hydrogen-bond acceptors (Lipinski definition) is 5. The molecule has 0 saturated carbocycles. The summed E-state index contributed by atoms with van der Waals surface area (Å²) < 4.78 is 5.49. The molecular formula is C21H18N4O. The molecule has 0 aliphatic carbocycles. The maximum atomic E-state index is 5.49. The van der Waals surface area contributed by atoms with E-state index in [0.29, 0.717) is 11.7 Å². The summed E-state index contributed by atoms with van der Waals surface area (Å²) in [5.41, 5.74) is 5.95. The number of aromatic nitrogens is 3. The van der Waals surface area contributed by atoms with Crippen molar-refractivity contribution in [2.24, 2.45) is 0 Å². The molecule has 1 aliphatic rings. The van der Waals surface area contributed by atoms with Crippen molar-refractivity contribution in [3.8, 4) is 11.4 Å². The number of nitrogens with zero attached hydrogens (tertiary/aromatic N) is 4. The van der Waals surface area contributed by atoms with Crippen LogP contribution in [0.5, 0.6) is 0 Å². The largest absolute Gasteiger partial charge is 0.464 e. The van der Waals surface area contributed by atoms with Gasteiger partial charge in [0, 0.05) is 36.2 Å². The Morgan fingerprint density at radius 1 is 1.08 bits per heavy atom. The van der Waals surface area contributed by atoms with Gasteiger partial charge in [0.25, 0.3) is 0 Å². The maximum absolute atomic E-state index is 5.49. The van der Waals surface area contributed by atoms with E-state index in [4.69, 9.17) is 4.42 Å². The molecule has 1 unspecified atom stereocenters. The van der Waals surface area contributed by atoms with E-state index in [2.05, 4.69) is 63.5 Å². The van der Waals surface area contributed by atoms with Crippen LogP contribution in [0.25, 0.3) is 22.4 Å². The van der Waals surface area contributed by atoms with Gasteiger partial charge in [0.1, 0.15) is 5.58 Å². The van der Waals surface area contributed by atoms with Crippen molar-refractivity contribution >= 4 is 11.0 Å². The van der Waals surface area contributed by atoms with Crippen LogP contribution in [0.15, 0.2) is 65.5 Å². The quantitative estimate of drug-likeness (QED) is 0.554. The summed E-state index contributed by atoms with van der Waals surface area (Å²) >= 11 is 0. The predicted octanol–water partition coefficient (Wildman–Crippen LogP) is 3.86. The van der Waals surface area contributed by atoms with Crippen molar-refractivity contribution < 1.29 is 4.42 Å². The minimum atomic E-state index is 0.340. The van der Waals surface area contributed by atoms with Crippen LogP contribution in [-0.4, -0.2) is 33.7 Å². The minimum Gasteiger partial charge on any atom is -0.464 e. The zero-order valence-electron chi connectivity index (χ0n) is 14.5. The predicted molar refractivity (Wildman–Crippen MR) is 99.7 cm³/mol. The highest BCUT2D eigenvalue weighted by atomic mass is 16.3. The van der Waals surface area contributed by atoms with Crippen LogP contribution in [0, 0.1) is 0 Å². The Kier molecular flexibility index (Phi) is 3.53. The highest BCUT2D eigenvalue weighted by Gasteiger charge is 2.25. The van der Waals surface area contributed by atoms with Gasteiger partial charge in [0.15, 0.2) is 5.82 Å². The van der Waals surface area contributed by atoms with E-state index in [9.17, 15) is 0 Å². The second-order valence-corrected chi connectivity index (χ2v) is 6.85. The molecule has 0 N–H and O–H groups in total. The number of fused-ring (bicyclic) bond motifs is 2. The van der Waals surface area contributed by atoms with Crippen molar-refractivity contribution in [1.82, 2.24) is 20.1 Å². The first-order chi connectivity index (χ1) is 12.8. The van der Waals surface area contributed by atoms with Gasteiger partial charge < -0.3 is 9.32 Å². The van der Waals surface area contributed by atoms with Crippen LogP contribution in [0.3, 0.4) is 0 Å². The fourth-order valence-electron chi connectivity index (χ4n) is 3.85. The first-order valence-electron chi connectivity index (χ1n) is 8.70. The molecule has 2 aromatic carbocycles. The summed E-state index contributed by atoms with van der Waals surface area (Å²) in [6.07, 6.45) is 5.02. The lowest BCUT2D eigenvalue weighted by Crippen LogP contribution is -2.31. The molecule has 0 bridgehead atoms. The Hall–Kier alpha value is -3.05. The molecule has 1 atom stereocenters. The zero-order valence-corrected chi connectivity index (χ0v) is 14.5. The molecule has 0 radical (unpaired) electrons. The lowest BCUT2D eigenvalue weighted by atomic mass is 9.83. The van der Waals surface area contributed by atoms with Crippen molar-refractivity contribution in [3.05, 3.63) is 77.8 Å². The fraction of sp³-hybridized carbons (Fsp3) is 0.190. The molecule has 0 fully saturated rings. The fourth-order valence-corrected chi connectivity index (χ4v) is 3.85. The van der Waals surface area contributed by atoms with Gasteiger partial charge in [-0.25, -0.2) is 4.98 Å². The summed E-state index contributed by atoms with van der Waals surface area (Å²) in [7, 11) is 2.17. The highest BCUT2D eigenvalue weighted by Crippen LogP contribution is 2.36. The average Bonchev–Trinajstić information content (AvgIpc) is 3.15. The highest BCUT2D eigenvalue weighted by molar-refractivity contribution is 5.78. The lowest BCUT2D eigenvalue weighted by Gasteiger charge is -2.33. The molecule has 5 nitrogen and oxygen atoms in total. The third kappa shape index (κ3) is 2.57. The van der Waals surface area contributed by atoms with Crippen LogP contribution in [0.2, 0.25) is 0 Å². The number of rotatable bonds is 2.